The number of thiophene rings is 1. The summed E-state index contributed by atoms with van der Waals surface area (Å²) < 4.78 is 2.79. The van der Waals surface area contributed by atoms with Gasteiger partial charge >= 0.3 is 0 Å². The zero-order valence-corrected chi connectivity index (χ0v) is 14.9. The largest absolute Gasteiger partial charge is 0.348 e. The first kappa shape index (κ1) is 14.4. The molecule has 1 aliphatic heterocycles. The molecule has 0 bridgehead atoms. The average molecular weight is 351 g/mol. The van der Waals surface area contributed by atoms with Crippen molar-refractivity contribution in [2.24, 2.45) is 0 Å². The molecule has 0 aliphatic carbocycles. The van der Waals surface area contributed by atoms with Crippen LogP contribution in [0.1, 0.15) is 24.3 Å². The van der Waals surface area contributed by atoms with Gasteiger partial charge in [0.25, 0.3) is 0 Å². The molecule has 2 nitrogen and oxygen atoms in total. The molecular weight excluding hydrogens is 332 g/mol. The highest BCUT2D eigenvalue weighted by Crippen LogP contribution is 2.37. The maximum absolute atomic E-state index is 4.45. The van der Waals surface area contributed by atoms with Crippen LogP contribution in [0.4, 0.5) is 5.13 Å². The van der Waals surface area contributed by atoms with Crippen molar-refractivity contribution in [1.82, 2.24) is 4.98 Å². The number of benzene rings is 2. The molecule has 0 amide bonds. The maximum atomic E-state index is 4.45. The molecule has 4 heteroatoms. The molecule has 0 N–H and O–H groups in total. The lowest BCUT2D eigenvalue weighted by molar-refractivity contribution is 0.505. The molecule has 1 fully saturated rings. The van der Waals surface area contributed by atoms with Crippen LogP contribution in [0.15, 0.2) is 54.0 Å². The maximum Gasteiger partial charge on any atom is 0.185 e. The van der Waals surface area contributed by atoms with Crippen LogP contribution < -0.4 is 4.90 Å². The third-order valence-corrected chi connectivity index (χ3v) is 7.04. The van der Waals surface area contributed by atoms with Gasteiger partial charge in [-0.25, -0.2) is 4.98 Å². The summed E-state index contributed by atoms with van der Waals surface area (Å²) in [5, 5.41) is 6.07. The second kappa shape index (κ2) is 5.87. The minimum absolute atomic E-state index is 0.671. The highest BCUT2D eigenvalue weighted by atomic mass is 32.1. The number of fused-ring (bicyclic) bond motifs is 3. The van der Waals surface area contributed by atoms with Crippen molar-refractivity contribution in [3.05, 3.63) is 59.6 Å². The highest BCUT2D eigenvalue weighted by molar-refractivity contribution is 7.25. The summed E-state index contributed by atoms with van der Waals surface area (Å²) in [5.74, 6) is 0.671. The van der Waals surface area contributed by atoms with Gasteiger partial charge in [0.2, 0.25) is 0 Å². The number of hydrogen-bond donors (Lipinski definition) is 0. The van der Waals surface area contributed by atoms with Gasteiger partial charge in [-0.3, -0.25) is 0 Å². The van der Waals surface area contributed by atoms with Crippen LogP contribution in [0.25, 0.3) is 20.2 Å². The van der Waals surface area contributed by atoms with E-state index in [1.54, 1.807) is 11.3 Å². The van der Waals surface area contributed by atoms with Crippen molar-refractivity contribution in [2.75, 3.05) is 18.0 Å². The van der Waals surface area contributed by atoms with E-state index in [1.165, 1.54) is 43.7 Å². The van der Waals surface area contributed by atoms with E-state index in [1.807, 2.05) is 17.5 Å². The van der Waals surface area contributed by atoms with Crippen LogP contribution >= 0.6 is 22.7 Å². The normalized spacial score (nSPS) is 16.2. The molecule has 0 spiro atoms. The SMILES string of the molecule is c1ccc2c(c1)sc1ccc(C3CCN(c4nccs4)CC3)cc12. The van der Waals surface area contributed by atoms with Gasteiger partial charge in [0.05, 0.1) is 0 Å². The van der Waals surface area contributed by atoms with Crippen LogP contribution in [0, 0.1) is 0 Å². The van der Waals surface area contributed by atoms with Crippen LogP contribution in [-0.2, 0) is 0 Å². The number of thiazole rings is 1. The molecule has 0 atom stereocenters. The Hall–Kier alpha value is -1.91. The lowest BCUT2D eigenvalue weighted by Crippen LogP contribution is -2.32. The van der Waals surface area contributed by atoms with E-state index in [4.69, 9.17) is 0 Å². The van der Waals surface area contributed by atoms with Gasteiger partial charge in [-0.2, -0.15) is 0 Å². The first-order valence-corrected chi connectivity index (χ1v) is 10.1. The number of rotatable bonds is 2. The highest BCUT2D eigenvalue weighted by Gasteiger charge is 2.22. The summed E-state index contributed by atoms with van der Waals surface area (Å²) in [7, 11) is 0. The van der Waals surface area contributed by atoms with Crippen molar-refractivity contribution in [3.63, 3.8) is 0 Å². The van der Waals surface area contributed by atoms with Crippen molar-refractivity contribution >= 4 is 48.0 Å². The summed E-state index contributed by atoms with van der Waals surface area (Å²) in [6.45, 7) is 2.22. The molecule has 3 heterocycles. The van der Waals surface area contributed by atoms with Gasteiger partial charge in [0.1, 0.15) is 0 Å². The number of aromatic nitrogens is 1. The third-order valence-electron chi connectivity index (χ3n) is 5.06. The Balaban J connectivity index is 1.44. The predicted molar refractivity (Wildman–Crippen MR) is 106 cm³/mol. The van der Waals surface area contributed by atoms with Crippen LogP contribution in [0.3, 0.4) is 0 Å². The topological polar surface area (TPSA) is 16.1 Å². The molecule has 1 aliphatic rings. The molecular formula is C20H18N2S2. The molecule has 5 rings (SSSR count). The van der Waals surface area contributed by atoms with E-state index >= 15 is 0 Å². The lowest BCUT2D eigenvalue weighted by atomic mass is 9.89. The number of nitrogens with zero attached hydrogens (tertiary/aromatic N) is 2. The smallest absolute Gasteiger partial charge is 0.185 e. The molecule has 2 aromatic carbocycles. The molecule has 24 heavy (non-hydrogen) atoms. The van der Waals surface area contributed by atoms with E-state index in [0.29, 0.717) is 5.92 Å². The third kappa shape index (κ3) is 2.41. The van der Waals surface area contributed by atoms with Crippen LogP contribution in [-0.4, -0.2) is 18.1 Å². The fraction of sp³-hybridized carbons (Fsp3) is 0.250. The molecule has 120 valence electrons. The average Bonchev–Trinajstić information content (AvgIpc) is 3.29. The second-order valence-electron chi connectivity index (χ2n) is 6.43. The van der Waals surface area contributed by atoms with E-state index in [-0.39, 0.29) is 0 Å². The Bertz CT molecular complexity index is 979. The monoisotopic (exact) mass is 350 g/mol. The Labute approximate surface area is 149 Å². The van der Waals surface area contributed by atoms with Gasteiger partial charge in [-0.15, -0.1) is 22.7 Å². The Morgan fingerprint density at radius 1 is 0.958 bits per heavy atom. The summed E-state index contributed by atoms with van der Waals surface area (Å²) in [6, 6.07) is 15.9. The van der Waals surface area contributed by atoms with Gasteiger partial charge in [-0.1, -0.05) is 24.3 Å². The number of anilines is 1. The zero-order chi connectivity index (χ0) is 15.9. The van der Waals surface area contributed by atoms with Gasteiger partial charge < -0.3 is 4.90 Å². The molecule has 1 saturated heterocycles. The van der Waals surface area contributed by atoms with Crippen molar-refractivity contribution < 1.29 is 0 Å². The van der Waals surface area contributed by atoms with Crippen molar-refractivity contribution in [3.8, 4) is 0 Å². The summed E-state index contributed by atoms with van der Waals surface area (Å²) in [5.41, 5.74) is 1.50. The number of hydrogen-bond acceptors (Lipinski definition) is 4. The van der Waals surface area contributed by atoms with Gasteiger partial charge in [0, 0.05) is 44.8 Å². The van der Waals surface area contributed by atoms with Gasteiger partial charge in [0.15, 0.2) is 5.13 Å². The standard InChI is InChI=1S/C20H18N2S2/c1-2-4-18-16(3-1)17-13-15(5-6-19(17)24-18)14-7-10-22(11-8-14)20-21-9-12-23-20/h1-6,9,12-14H,7-8,10-11H2. The summed E-state index contributed by atoms with van der Waals surface area (Å²) >= 11 is 3.65. The second-order valence-corrected chi connectivity index (χ2v) is 8.39. The molecule has 0 saturated carbocycles. The quantitative estimate of drug-likeness (QED) is 0.448. The summed E-state index contributed by atoms with van der Waals surface area (Å²) in [6.07, 6.45) is 4.34. The van der Waals surface area contributed by atoms with E-state index in [0.717, 1.165) is 13.1 Å². The van der Waals surface area contributed by atoms with E-state index < -0.39 is 0 Å². The van der Waals surface area contributed by atoms with Crippen LogP contribution in [0.5, 0.6) is 0 Å². The lowest BCUT2D eigenvalue weighted by Gasteiger charge is -2.32. The molecule has 0 unspecified atom stereocenters. The first-order chi connectivity index (χ1) is 11.9. The molecule has 2 aromatic heterocycles. The fourth-order valence-corrected chi connectivity index (χ4v) is 5.56. The predicted octanol–water partition coefficient (Wildman–Crippen LogP) is 5.90. The zero-order valence-electron chi connectivity index (χ0n) is 13.3. The van der Waals surface area contributed by atoms with E-state index in [9.17, 15) is 0 Å². The van der Waals surface area contributed by atoms with Gasteiger partial charge in [-0.05, 0) is 42.5 Å². The molecule has 0 radical (unpaired) electrons. The fourth-order valence-electron chi connectivity index (χ4n) is 3.77. The first-order valence-electron chi connectivity index (χ1n) is 8.44. The van der Waals surface area contributed by atoms with Crippen molar-refractivity contribution in [1.29, 1.82) is 0 Å². The van der Waals surface area contributed by atoms with Crippen molar-refractivity contribution in [2.45, 2.75) is 18.8 Å². The number of piperidine rings is 1. The molecule has 4 aromatic rings. The Morgan fingerprint density at radius 2 is 1.79 bits per heavy atom. The van der Waals surface area contributed by atoms with Crippen LogP contribution in [0.2, 0.25) is 0 Å². The van der Waals surface area contributed by atoms with E-state index in [2.05, 4.69) is 57.7 Å². The summed E-state index contributed by atoms with van der Waals surface area (Å²) in [4.78, 5) is 6.88. The Morgan fingerprint density at radius 3 is 2.62 bits per heavy atom. The Kier molecular flexibility index (Phi) is 3.53. The minimum Gasteiger partial charge on any atom is -0.348 e. The minimum atomic E-state index is 0.671.